The van der Waals surface area contributed by atoms with E-state index in [2.05, 4.69) is 9.97 Å². The van der Waals surface area contributed by atoms with Crippen molar-refractivity contribution in [2.45, 2.75) is 0 Å². The lowest BCUT2D eigenvalue weighted by Crippen LogP contribution is -2.17. The van der Waals surface area contributed by atoms with E-state index in [9.17, 15) is 4.79 Å². The first kappa shape index (κ1) is 8.25. The van der Waals surface area contributed by atoms with Gasteiger partial charge in [0.05, 0.1) is 0 Å². The Morgan fingerprint density at radius 2 is 2.08 bits per heavy atom. The van der Waals surface area contributed by atoms with Gasteiger partial charge < -0.3 is 9.47 Å². The fraction of sp³-hybridized carbons (Fsp3) is 0.286. The van der Waals surface area contributed by atoms with Gasteiger partial charge in [-0.2, -0.15) is 4.98 Å². The predicted molar refractivity (Wildman–Crippen MR) is 43.4 cm³/mol. The minimum atomic E-state index is -0.00532. The second kappa shape index (κ2) is 3.18. The fourth-order valence-corrected chi connectivity index (χ4v) is 1.20. The number of aldehydes is 1. The maximum absolute atomic E-state index is 10.4. The zero-order valence-corrected chi connectivity index (χ0v) is 7.24. The van der Waals surface area contributed by atoms with Gasteiger partial charge in [-0.15, -0.1) is 0 Å². The van der Waals surface area contributed by atoms with E-state index in [0.29, 0.717) is 25.2 Å². The molecular formula is C7H5ClN2O3. The lowest BCUT2D eigenvalue weighted by atomic mass is 10.5. The van der Waals surface area contributed by atoms with E-state index >= 15 is 0 Å². The first-order valence-electron chi connectivity index (χ1n) is 3.59. The van der Waals surface area contributed by atoms with Crippen LogP contribution in [0.4, 0.5) is 0 Å². The van der Waals surface area contributed by atoms with Crippen LogP contribution in [0.15, 0.2) is 0 Å². The Morgan fingerprint density at radius 3 is 2.85 bits per heavy atom. The molecule has 1 aromatic rings. The fourth-order valence-electron chi connectivity index (χ4n) is 0.973. The van der Waals surface area contributed by atoms with Gasteiger partial charge >= 0.3 is 0 Å². The van der Waals surface area contributed by atoms with Crippen LogP contribution in [0.3, 0.4) is 0 Å². The van der Waals surface area contributed by atoms with Crippen molar-refractivity contribution in [1.29, 1.82) is 0 Å². The second-order valence-corrected chi connectivity index (χ2v) is 2.68. The number of rotatable bonds is 1. The molecule has 0 aromatic carbocycles. The Bertz CT molecular complexity index is 356. The molecule has 1 aromatic heterocycles. The molecule has 0 unspecified atom stereocenters. The maximum atomic E-state index is 10.4. The van der Waals surface area contributed by atoms with Crippen molar-refractivity contribution in [3.63, 3.8) is 0 Å². The van der Waals surface area contributed by atoms with E-state index in [1.807, 2.05) is 0 Å². The summed E-state index contributed by atoms with van der Waals surface area (Å²) in [7, 11) is 0. The average molecular weight is 201 g/mol. The van der Waals surface area contributed by atoms with Crippen LogP contribution >= 0.6 is 11.6 Å². The van der Waals surface area contributed by atoms with Crippen molar-refractivity contribution in [2.75, 3.05) is 13.2 Å². The van der Waals surface area contributed by atoms with Crippen LogP contribution in [0, 0.1) is 0 Å². The van der Waals surface area contributed by atoms with Gasteiger partial charge in [0.25, 0.3) is 5.88 Å². The molecule has 1 aliphatic heterocycles. The summed E-state index contributed by atoms with van der Waals surface area (Å²) in [6, 6.07) is 0. The highest BCUT2D eigenvalue weighted by molar-refractivity contribution is 6.31. The van der Waals surface area contributed by atoms with Crippen molar-refractivity contribution < 1.29 is 14.3 Å². The summed E-state index contributed by atoms with van der Waals surface area (Å²) in [5, 5.41) is 0.104. The van der Waals surface area contributed by atoms with E-state index in [4.69, 9.17) is 21.1 Å². The topological polar surface area (TPSA) is 61.3 Å². The third kappa shape index (κ3) is 1.42. The highest BCUT2D eigenvalue weighted by Gasteiger charge is 2.19. The summed E-state index contributed by atoms with van der Waals surface area (Å²) in [6.07, 6.45) is 0.504. The Hall–Kier alpha value is -1.36. The molecule has 0 amide bonds. The largest absolute Gasteiger partial charge is 0.482 e. The van der Waals surface area contributed by atoms with Crippen molar-refractivity contribution in [3.05, 3.63) is 11.0 Å². The van der Waals surface area contributed by atoms with Gasteiger partial charge in [0.1, 0.15) is 13.2 Å². The van der Waals surface area contributed by atoms with Gasteiger partial charge in [0, 0.05) is 0 Å². The molecule has 0 radical (unpaired) electrons. The van der Waals surface area contributed by atoms with Crippen LogP contribution in [0.1, 0.15) is 10.6 Å². The normalized spacial score (nSPS) is 13.9. The zero-order chi connectivity index (χ0) is 9.26. The van der Waals surface area contributed by atoms with Gasteiger partial charge in [0.2, 0.25) is 5.75 Å². The minimum absolute atomic E-state index is 0.00532. The van der Waals surface area contributed by atoms with Crippen LogP contribution in [-0.4, -0.2) is 29.5 Å². The summed E-state index contributed by atoms with van der Waals surface area (Å²) >= 11 is 5.71. The summed E-state index contributed by atoms with van der Waals surface area (Å²) in [5.41, 5.74) is 0. The summed E-state index contributed by atoms with van der Waals surface area (Å²) in [4.78, 5) is 17.8. The molecule has 68 valence electrons. The monoisotopic (exact) mass is 200 g/mol. The van der Waals surface area contributed by atoms with Crippen LogP contribution in [0.5, 0.6) is 11.6 Å². The van der Waals surface area contributed by atoms with Crippen molar-refractivity contribution in [3.8, 4) is 11.6 Å². The third-order valence-electron chi connectivity index (χ3n) is 1.48. The highest BCUT2D eigenvalue weighted by Crippen LogP contribution is 2.33. The first-order valence-corrected chi connectivity index (χ1v) is 3.97. The molecule has 13 heavy (non-hydrogen) atoms. The number of hydrogen-bond donors (Lipinski definition) is 0. The molecule has 0 bridgehead atoms. The van der Waals surface area contributed by atoms with E-state index < -0.39 is 0 Å². The molecule has 5 nitrogen and oxygen atoms in total. The number of nitrogens with zero attached hydrogens (tertiary/aromatic N) is 2. The Kier molecular flexibility index (Phi) is 2.02. The molecule has 0 saturated carbocycles. The number of hydrogen-bond acceptors (Lipinski definition) is 5. The highest BCUT2D eigenvalue weighted by atomic mass is 35.5. The molecule has 2 rings (SSSR count). The molecule has 6 heteroatoms. The standard InChI is InChI=1S/C7H5ClN2O3/c8-6-5-7(13-2-1-12-5)10-4(3-11)9-6/h3H,1-2H2. The molecule has 0 saturated heterocycles. The van der Waals surface area contributed by atoms with Gasteiger partial charge in [-0.25, -0.2) is 4.98 Å². The summed E-state index contributed by atoms with van der Waals surface area (Å²) in [5.74, 6) is 0.529. The Labute approximate surface area is 78.7 Å². The number of carbonyl (C=O) groups is 1. The molecule has 0 aliphatic carbocycles. The molecule has 0 fully saturated rings. The maximum Gasteiger partial charge on any atom is 0.262 e. The van der Waals surface area contributed by atoms with Gasteiger partial charge in [-0.1, -0.05) is 11.6 Å². The van der Waals surface area contributed by atoms with Crippen LogP contribution in [0.2, 0.25) is 5.15 Å². The van der Waals surface area contributed by atoms with Crippen LogP contribution in [0.25, 0.3) is 0 Å². The van der Waals surface area contributed by atoms with Crippen LogP contribution < -0.4 is 9.47 Å². The Balaban J connectivity index is 2.52. The van der Waals surface area contributed by atoms with Gasteiger partial charge in [-0.05, 0) is 0 Å². The van der Waals surface area contributed by atoms with E-state index in [-0.39, 0.29) is 16.9 Å². The number of fused-ring (bicyclic) bond motifs is 1. The SMILES string of the molecule is O=Cc1nc(Cl)c2c(n1)OCCO2. The lowest BCUT2D eigenvalue weighted by Gasteiger charge is -2.17. The van der Waals surface area contributed by atoms with Crippen LogP contribution in [-0.2, 0) is 0 Å². The minimum Gasteiger partial charge on any atom is -0.482 e. The van der Waals surface area contributed by atoms with Gasteiger partial charge in [0.15, 0.2) is 17.3 Å². The van der Waals surface area contributed by atoms with E-state index in [1.165, 1.54) is 0 Å². The third-order valence-corrected chi connectivity index (χ3v) is 1.74. The lowest BCUT2D eigenvalue weighted by molar-refractivity contribution is 0.111. The Morgan fingerprint density at radius 1 is 1.31 bits per heavy atom. The van der Waals surface area contributed by atoms with E-state index in [1.54, 1.807) is 0 Å². The first-order chi connectivity index (χ1) is 6.31. The second-order valence-electron chi connectivity index (χ2n) is 2.32. The molecule has 0 N–H and O–H groups in total. The number of aromatic nitrogens is 2. The zero-order valence-electron chi connectivity index (χ0n) is 6.49. The molecular weight excluding hydrogens is 196 g/mol. The smallest absolute Gasteiger partial charge is 0.262 e. The summed E-state index contributed by atoms with van der Waals surface area (Å²) < 4.78 is 10.3. The summed E-state index contributed by atoms with van der Waals surface area (Å²) in [6.45, 7) is 0.815. The van der Waals surface area contributed by atoms with Crippen molar-refractivity contribution in [1.82, 2.24) is 9.97 Å². The van der Waals surface area contributed by atoms with Gasteiger partial charge in [-0.3, -0.25) is 4.79 Å². The molecule has 1 aliphatic rings. The van der Waals surface area contributed by atoms with Crippen molar-refractivity contribution in [2.24, 2.45) is 0 Å². The average Bonchev–Trinajstić information content (AvgIpc) is 2.18. The van der Waals surface area contributed by atoms with Crippen molar-refractivity contribution >= 4 is 17.9 Å². The van der Waals surface area contributed by atoms with E-state index in [0.717, 1.165) is 0 Å². The number of halogens is 1. The molecule has 0 atom stereocenters. The predicted octanol–water partition coefficient (Wildman–Crippen LogP) is 0.714. The number of ether oxygens (including phenoxy) is 2. The number of carbonyl (C=O) groups excluding carboxylic acids is 1. The quantitative estimate of drug-likeness (QED) is 0.494. The molecule has 0 spiro atoms. The molecule has 2 heterocycles.